The van der Waals surface area contributed by atoms with E-state index in [1.54, 1.807) is 23.2 Å². The fraction of sp³-hybridized carbons (Fsp3) is 0.105. The molecule has 0 radical (unpaired) electrons. The second-order valence-corrected chi connectivity index (χ2v) is 5.71. The fourth-order valence-electron chi connectivity index (χ4n) is 2.42. The minimum atomic E-state index is -0.512. The van der Waals surface area contributed by atoms with Gasteiger partial charge < -0.3 is 17.0 Å². The molecule has 0 fully saturated rings. The molecule has 0 saturated heterocycles. The van der Waals surface area contributed by atoms with Crippen molar-refractivity contribution in [3.63, 3.8) is 0 Å². The Bertz CT molecular complexity index is 926. The van der Waals surface area contributed by atoms with Gasteiger partial charge in [-0.25, -0.2) is 4.57 Å². The van der Waals surface area contributed by atoms with Crippen molar-refractivity contribution in [1.29, 1.82) is 0 Å². The SMILES string of the molecule is Cc1ccc(-c2cc[n+](CC(=O)c3cccc([N+](=O)[O-])c3)cn2)cc1.[Br-]. The van der Waals surface area contributed by atoms with Crippen LogP contribution in [0.4, 0.5) is 5.69 Å². The number of nitro benzene ring substituents is 1. The van der Waals surface area contributed by atoms with Gasteiger partial charge in [0.25, 0.3) is 12.0 Å². The van der Waals surface area contributed by atoms with Crippen LogP contribution in [0, 0.1) is 17.0 Å². The lowest BCUT2D eigenvalue weighted by Gasteiger charge is -2.01. The standard InChI is InChI=1S/C19H16N3O3.BrH/c1-14-5-7-15(8-6-14)18-9-10-21(13-20-18)12-19(23)16-3-2-4-17(11-16)22(24)25;/h2-11,13H,12H2,1H3;1H/q+1;/p-1. The number of benzene rings is 2. The second kappa shape index (κ2) is 8.44. The molecule has 2 aromatic carbocycles. The summed E-state index contributed by atoms with van der Waals surface area (Å²) in [6.07, 6.45) is 3.36. The number of halogens is 1. The first-order valence-electron chi connectivity index (χ1n) is 7.73. The van der Waals surface area contributed by atoms with Gasteiger partial charge in [0, 0.05) is 29.3 Å². The minimum Gasteiger partial charge on any atom is -1.00 e. The van der Waals surface area contributed by atoms with Crippen molar-refractivity contribution in [2.24, 2.45) is 0 Å². The van der Waals surface area contributed by atoms with Gasteiger partial charge in [0.15, 0.2) is 12.2 Å². The molecule has 26 heavy (non-hydrogen) atoms. The van der Waals surface area contributed by atoms with E-state index >= 15 is 0 Å². The van der Waals surface area contributed by atoms with Crippen molar-refractivity contribution in [3.05, 3.63) is 88.4 Å². The number of rotatable bonds is 5. The van der Waals surface area contributed by atoms with E-state index in [2.05, 4.69) is 4.98 Å². The zero-order chi connectivity index (χ0) is 17.8. The van der Waals surface area contributed by atoms with Crippen LogP contribution in [0.5, 0.6) is 0 Å². The number of Topliss-reactive ketones (excluding diaryl/α,β-unsaturated/α-hetero) is 1. The molecular weight excluding hydrogens is 398 g/mol. The molecule has 1 aromatic heterocycles. The van der Waals surface area contributed by atoms with Crippen molar-refractivity contribution in [2.45, 2.75) is 13.5 Å². The van der Waals surface area contributed by atoms with Gasteiger partial charge in [-0.3, -0.25) is 14.9 Å². The molecule has 0 aliphatic heterocycles. The van der Waals surface area contributed by atoms with Crippen LogP contribution in [0.1, 0.15) is 15.9 Å². The number of carbonyl (C=O) groups is 1. The predicted molar refractivity (Wildman–Crippen MR) is 92.0 cm³/mol. The largest absolute Gasteiger partial charge is 1.00 e. The van der Waals surface area contributed by atoms with Gasteiger partial charge in [0.05, 0.1) is 11.1 Å². The number of aryl methyl sites for hydroxylation is 1. The van der Waals surface area contributed by atoms with E-state index in [1.165, 1.54) is 23.8 Å². The first-order valence-corrected chi connectivity index (χ1v) is 7.73. The molecule has 6 nitrogen and oxygen atoms in total. The van der Waals surface area contributed by atoms with Crippen LogP contribution in [0.25, 0.3) is 11.3 Å². The monoisotopic (exact) mass is 413 g/mol. The molecule has 0 spiro atoms. The Morgan fingerprint density at radius 3 is 2.50 bits per heavy atom. The van der Waals surface area contributed by atoms with E-state index in [0.29, 0.717) is 5.56 Å². The van der Waals surface area contributed by atoms with Gasteiger partial charge in [0.2, 0.25) is 5.78 Å². The van der Waals surface area contributed by atoms with Crippen molar-refractivity contribution in [1.82, 2.24) is 4.98 Å². The van der Waals surface area contributed by atoms with Crippen LogP contribution >= 0.6 is 0 Å². The maximum Gasteiger partial charge on any atom is 0.287 e. The Kier molecular flexibility index (Phi) is 6.30. The molecule has 0 aliphatic carbocycles. The van der Waals surface area contributed by atoms with Crippen molar-refractivity contribution in [2.75, 3.05) is 0 Å². The lowest BCUT2D eigenvalue weighted by Crippen LogP contribution is -3.00. The van der Waals surface area contributed by atoms with Gasteiger partial charge in [0.1, 0.15) is 0 Å². The number of nitrogens with zero attached hydrogens (tertiary/aromatic N) is 3. The van der Waals surface area contributed by atoms with Crippen molar-refractivity contribution < 1.29 is 31.3 Å². The molecule has 0 N–H and O–H groups in total. The average molecular weight is 414 g/mol. The van der Waals surface area contributed by atoms with Crippen molar-refractivity contribution in [3.8, 4) is 11.3 Å². The van der Waals surface area contributed by atoms with Crippen LogP contribution < -0.4 is 21.5 Å². The third-order valence-electron chi connectivity index (χ3n) is 3.82. The van der Waals surface area contributed by atoms with E-state index in [-0.39, 0.29) is 35.0 Å². The van der Waals surface area contributed by atoms with Crippen molar-refractivity contribution >= 4 is 11.5 Å². The summed E-state index contributed by atoms with van der Waals surface area (Å²) in [6.45, 7) is 2.10. The van der Waals surface area contributed by atoms with Gasteiger partial charge in [-0.15, -0.1) is 0 Å². The number of non-ortho nitro benzene ring substituents is 1. The highest BCUT2D eigenvalue weighted by atomic mass is 79.9. The number of aromatic nitrogens is 2. The Morgan fingerprint density at radius 2 is 1.88 bits per heavy atom. The zero-order valence-electron chi connectivity index (χ0n) is 14.0. The van der Waals surface area contributed by atoms with Gasteiger partial charge in [-0.1, -0.05) is 42.0 Å². The van der Waals surface area contributed by atoms with E-state index in [4.69, 9.17) is 0 Å². The Labute approximate surface area is 161 Å². The molecule has 0 atom stereocenters. The quantitative estimate of drug-likeness (QED) is 0.258. The maximum atomic E-state index is 12.3. The summed E-state index contributed by atoms with van der Waals surface area (Å²) in [4.78, 5) is 27.0. The van der Waals surface area contributed by atoms with Crippen LogP contribution in [-0.4, -0.2) is 15.7 Å². The van der Waals surface area contributed by atoms with Gasteiger partial charge >= 0.3 is 0 Å². The van der Waals surface area contributed by atoms with Crippen LogP contribution in [0.15, 0.2) is 67.1 Å². The van der Waals surface area contributed by atoms with Gasteiger partial charge in [-0.2, -0.15) is 0 Å². The summed E-state index contributed by atoms with van der Waals surface area (Å²) in [5.41, 5.74) is 3.21. The summed E-state index contributed by atoms with van der Waals surface area (Å²) in [7, 11) is 0. The molecule has 0 bridgehead atoms. The molecule has 0 unspecified atom stereocenters. The van der Waals surface area contributed by atoms with E-state index < -0.39 is 4.92 Å². The van der Waals surface area contributed by atoms with E-state index in [9.17, 15) is 14.9 Å². The predicted octanol–water partition coefficient (Wildman–Crippen LogP) is 0.140. The zero-order valence-corrected chi connectivity index (χ0v) is 15.6. The summed E-state index contributed by atoms with van der Waals surface area (Å²) in [6, 6.07) is 15.6. The minimum absolute atomic E-state index is 0. The second-order valence-electron chi connectivity index (χ2n) is 5.71. The molecule has 3 rings (SSSR count). The molecule has 132 valence electrons. The first-order chi connectivity index (χ1) is 12.0. The molecule has 3 aromatic rings. The Hall–Kier alpha value is -2.93. The Morgan fingerprint density at radius 1 is 1.15 bits per heavy atom. The highest BCUT2D eigenvalue weighted by molar-refractivity contribution is 5.95. The molecule has 0 aliphatic rings. The summed E-state index contributed by atoms with van der Waals surface area (Å²) in [5, 5.41) is 10.8. The van der Waals surface area contributed by atoms with Crippen LogP contribution in [-0.2, 0) is 6.54 Å². The lowest BCUT2D eigenvalue weighted by atomic mass is 10.1. The first kappa shape index (κ1) is 19.4. The van der Waals surface area contributed by atoms with Gasteiger partial charge in [-0.05, 0) is 11.9 Å². The highest BCUT2D eigenvalue weighted by Gasteiger charge is 2.14. The number of nitro groups is 1. The average Bonchev–Trinajstić information content (AvgIpc) is 2.63. The normalized spacial score (nSPS) is 10.0. The summed E-state index contributed by atoms with van der Waals surface area (Å²) in [5.74, 6) is -0.210. The molecule has 0 saturated carbocycles. The smallest absolute Gasteiger partial charge is 0.287 e. The Balaban J connectivity index is 0.00000243. The fourth-order valence-corrected chi connectivity index (χ4v) is 2.42. The molecular formula is C19H16BrN3O3. The number of hydrogen-bond acceptors (Lipinski definition) is 4. The maximum absolute atomic E-state index is 12.3. The molecule has 7 heteroatoms. The number of ketones is 1. The summed E-state index contributed by atoms with van der Waals surface area (Å²) >= 11 is 0. The van der Waals surface area contributed by atoms with E-state index in [1.807, 2.05) is 37.3 Å². The number of carbonyl (C=O) groups excluding carboxylic acids is 1. The lowest BCUT2D eigenvalue weighted by molar-refractivity contribution is -0.686. The van der Waals surface area contributed by atoms with Crippen LogP contribution in [0.2, 0.25) is 0 Å². The van der Waals surface area contributed by atoms with E-state index in [0.717, 1.165) is 11.3 Å². The topological polar surface area (TPSA) is 77.0 Å². The highest BCUT2D eigenvalue weighted by Crippen LogP contribution is 2.16. The third-order valence-corrected chi connectivity index (χ3v) is 3.82. The third kappa shape index (κ3) is 4.58. The molecule has 0 amide bonds. The number of hydrogen-bond donors (Lipinski definition) is 0. The molecule has 1 heterocycles. The summed E-state index contributed by atoms with van der Waals surface area (Å²) < 4.78 is 1.65. The van der Waals surface area contributed by atoms with Crippen LogP contribution in [0.3, 0.4) is 0 Å².